The van der Waals surface area contributed by atoms with Crippen molar-refractivity contribution in [2.75, 3.05) is 13.1 Å². The fourth-order valence-electron chi connectivity index (χ4n) is 3.71. The molecule has 30 heavy (non-hydrogen) atoms. The Morgan fingerprint density at radius 3 is 2.70 bits per heavy atom. The van der Waals surface area contributed by atoms with Gasteiger partial charge in [0, 0.05) is 17.8 Å². The molecule has 1 unspecified atom stereocenters. The minimum Gasteiger partial charge on any atom is -0.451 e. The van der Waals surface area contributed by atoms with E-state index in [0.717, 1.165) is 43.6 Å². The summed E-state index contributed by atoms with van der Waals surface area (Å²) >= 11 is 0. The van der Waals surface area contributed by atoms with E-state index in [2.05, 4.69) is 10.3 Å². The first-order valence-electron chi connectivity index (χ1n) is 9.98. The first-order valence-corrected chi connectivity index (χ1v) is 9.98. The topological polar surface area (TPSA) is 58.4 Å². The molecule has 1 aliphatic rings. The third kappa shape index (κ3) is 5.26. The van der Waals surface area contributed by atoms with Crippen LogP contribution in [0.4, 0.5) is 4.39 Å². The average molecular weight is 430 g/mol. The molecule has 5 nitrogen and oxygen atoms in total. The van der Waals surface area contributed by atoms with Crippen LogP contribution in [0.5, 0.6) is 0 Å². The maximum absolute atomic E-state index is 13.4. The third-order valence-electron chi connectivity index (χ3n) is 5.25. The summed E-state index contributed by atoms with van der Waals surface area (Å²) in [6.45, 7) is 2.30. The summed E-state index contributed by atoms with van der Waals surface area (Å²) in [6, 6.07) is 15.4. The molecule has 1 aromatic carbocycles. The van der Waals surface area contributed by atoms with Gasteiger partial charge in [0.1, 0.15) is 11.6 Å². The zero-order valence-corrected chi connectivity index (χ0v) is 17.4. The van der Waals surface area contributed by atoms with Crippen LogP contribution in [-0.2, 0) is 6.54 Å². The molecule has 0 spiro atoms. The number of benzene rings is 1. The van der Waals surface area contributed by atoms with Crippen LogP contribution in [0, 0.1) is 5.82 Å². The van der Waals surface area contributed by atoms with Gasteiger partial charge in [0.05, 0.1) is 12.2 Å². The number of rotatable bonds is 5. The second-order valence-electron chi connectivity index (χ2n) is 7.26. The second-order valence-corrected chi connectivity index (χ2v) is 7.26. The molecule has 1 N–H and O–H groups in total. The molecule has 158 valence electrons. The second kappa shape index (κ2) is 10.4. The van der Waals surface area contributed by atoms with Gasteiger partial charge >= 0.3 is 0 Å². The molecule has 0 radical (unpaired) electrons. The van der Waals surface area contributed by atoms with E-state index in [1.165, 1.54) is 12.1 Å². The van der Waals surface area contributed by atoms with E-state index in [1.54, 1.807) is 30.5 Å². The quantitative estimate of drug-likeness (QED) is 0.639. The Hall–Kier alpha value is -2.70. The van der Waals surface area contributed by atoms with Gasteiger partial charge in [0.25, 0.3) is 5.91 Å². The Labute approximate surface area is 181 Å². The van der Waals surface area contributed by atoms with Crippen LogP contribution in [0.25, 0.3) is 11.3 Å². The largest absolute Gasteiger partial charge is 0.451 e. The summed E-state index contributed by atoms with van der Waals surface area (Å²) in [6.07, 6.45) is 4.60. The highest BCUT2D eigenvalue weighted by atomic mass is 35.5. The molecular formula is C23H25ClFN3O2. The number of hydrogen-bond acceptors (Lipinski definition) is 4. The SMILES string of the molecule is Cl.O=C(c1ccc(-c2ccc(F)cc2)o1)N(Cc1ccccn1)C1CCCNCC1. The van der Waals surface area contributed by atoms with E-state index in [0.29, 0.717) is 12.3 Å². The molecule has 1 amide bonds. The minimum atomic E-state index is -0.305. The first-order chi connectivity index (χ1) is 14.2. The van der Waals surface area contributed by atoms with Crippen LogP contribution in [0.15, 0.2) is 65.2 Å². The Morgan fingerprint density at radius 1 is 1.10 bits per heavy atom. The van der Waals surface area contributed by atoms with Gasteiger partial charge in [-0.25, -0.2) is 4.39 Å². The Kier molecular flexibility index (Phi) is 7.60. The van der Waals surface area contributed by atoms with E-state index in [1.807, 2.05) is 23.1 Å². The molecule has 0 saturated carbocycles. The van der Waals surface area contributed by atoms with Crippen LogP contribution in [0.2, 0.25) is 0 Å². The molecule has 4 rings (SSSR count). The van der Waals surface area contributed by atoms with Crippen molar-refractivity contribution < 1.29 is 13.6 Å². The van der Waals surface area contributed by atoms with Gasteiger partial charge in [-0.15, -0.1) is 12.4 Å². The van der Waals surface area contributed by atoms with Crippen molar-refractivity contribution in [1.82, 2.24) is 15.2 Å². The summed E-state index contributed by atoms with van der Waals surface area (Å²) in [5.74, 6) is 0.391. The molecule has 7 heteroatoms. The van der Waals surface area contributed by atoms with Crippen LogP contribution in [0.1, 0.15) is 35.5 Å². The van der Waals surface area contributed by atoms with Gasteiger partial charge in [-0.3, -0.25) is 9.78 Å². The Morgan fingerprint density at radius 2 is 1.93 bits per heavy atom. The number of nitrogens with one attached hydrogen (secondary N) is 1. The van der Waals surface area contributed by atoms with Gasteiger partial charge in [-0.2, -0.15) is 0 Å². The van der Waals surface area contributed by atoms with E-state index in [4.69, 9.17) is 4.42 Å². The summed E-state index contributed by atoms with van der Waals surface area (Å²) in [7, 11) is 0. The van der Waals surface area contributed by atoms with E-state index in [-0.39, 0.29) is 35.9 Å². The van der Waals surface area contributed by atoms with Crippen molar-refractivity contribution in [3.8, 4) is 11.3 Å². The zero-order chi connectivity index (χ0) is 20.1. The van der Waals surface area contributed by atoms with Crippen LogP contribution in [0.3, 0.4) is 0 Å². The smallest absolute Gasteiger partial charge is 0.290 e. The van der Waals surface area contributed by atoms with Crippen LogP contribution >= 0.6 is 12.4 Å². The fourth-order valence-corrected chi connectivity index (χ4v) is 3.71. The number of hydrogen-bond donors (Lipinski definition) is 1. The van der Waals surface area contributed by atoms with Crippen molar-refractivity contribution in [2.45, 2.75) is 31.8 Å². The number of carbonyl (C=O) groups is 1. The summed E-state index contributed by atoms with van der Waals surface area (Å²) < 4.78 is 19.0. The lowest BCUT2D eigenvalue weighted by molar-refractivity contribution is 0.0610. The van der Waals surface area contributed by atoms with Crippen molar-refractivity contribution in [3.05, 3.63) is 78.1 Å². The predicted octanol–water partition coefficient (Wildman–Crippen LogP) is 4.69. The van der Waals surface area contributed by atoms with Gasteiger partial charge in [-0.05, 0) is 80.9 Å². The third-order valence-corrected chi connectivity index (χ3v) is 5.25. The highest BCUT2D eigenvalue weighted by Crippen LogP contribution is 2.25. The molecule has 3 aromatic rings. The molecule has 1 saturated heterocycles. The maximum Gasteiger partial charge on any atom is 0.290 e. The van der Waals surface area contributed by atoms with E-state index >= 15 is 0 Å². The highest BCUT2D eigenvalue weighted by molar-refractivity contribution is 5.92. The maximum atomic E-state index is 13.4. The first kappa shape index (κ1) is 22.0. The van der Waals surface area contributed by atoms with Gasteiger partial charge in [0.2, 0.25) is 0 Å². The Balaban J connectivity index is 0.00000256. The zero-order valence-electron chi connectivity index (χ0n) is 16.6. The van der Waals surface area contributed by atoms with Crippen LogP contribution in [-0.4, -0.2) is 34.9 Å². The lowest BCUT2D eigenvalue weighted by Gasteiger charge is -2.30. The van der Waals surface area contributed by atoms with E-state index in [9.17, 15) is 9.18 Å². The molecule has 1 fully saturated rings. The average Bonchev–Trinajstić information content (AvgIpc) is 3.09. The van der Waals surface area contributed by atoms with Gasteiger partial charge in [0.15, 0.2) is 5.76 Å². The van der Waals surface area contributed by atoms with E-state index < -0.39 is 0 Å². The lowest BCUT2D eigenvalue weighted by Crippen LogP contribution is -2.40. The number of furan rings is 1. The number of aromatic nitrogens is 1. The summed E-state index contributed by atoms with van der Waals surface area (Å²) in [5.41, 5.74) is 1.59. The number of amides is 1. The van der Waals surface area contributed by atoms with Crippen molar-refractivity contribution in [3.63, 3.8) is 0 Å². The van der Waals surface area contributed by atoms with Crippen LogP contribution < -0.4 is 5.32 Å². The summed E-state index contributed by atoms with van der Waals surface area (Å²) in [4.78, 5) is 19.7. The number of halogens is 2. The molecule has 3 heterocycles. The predicted molar refractivity (Wildman–Crippen MR) is 116 cm³/mol. The number of carbonyl (C=O) groups excluding carboxylic acids is 1. The van der Waals surface area contributed by atoms with Crippen molar-refractivity contribution in [2.24, 2.45) is 0 Å². The molecule has 1 atom stereocenters. The highest BCUT2D eigenvalue weighted by Gasteiger charge is 2.28. The molecule has 0 aliphatic carbocycles. The minimum absolute atomic E-state index is 0. The normalized spacial score (nSPS) is 16.4. The molecule has 2 aromatic heterocycles. The number of nitrogens with zero attached hydrogens (tertiary/aromatic N) is 2. The molecular weight excluding hydrogens is 405 g/mol. The van der Waals surface area contributed by atoms with Crippen molar-refractivity contribution in [1.29, 1.82) is 0 Å². The van der Waals surface area contributed by atoms with Crippen molar-refractivity contribution >= 4 is 18.3 Å². The molecule has 1 aliphatic heterocycles. The summed E-state index contributed by atoms with van der Waals surface area (Å²) in [5, 5.41) is 3.40. The monoisotopic (exact) mass is 429 g/mol. The fraction of sp³-hybridized carbons (Fsp3) is 0.304. The number of pyridine rings is 1. The van der Waals surface area contributed by atoms with Gasteiger partial charge in [-0.1, -0.05) is 6.07 Å². The van der Waals surface area contributed by atoms with Gasteiger partial charge < -0.3 is 14.6 Å². The Bertz CT molecular complexity index is 939. The molecule has 0 bridgehead atoms. The standard InChI is InChI=1S/C23H24FN3O2.ClH/c24-18-8-6-17(7-9-18)21-10-11-22(29-21)23(28)27(16-19-4-1-2-14-26-19)20-5-3-13-25-15-12-20;/h1-2,4,6-11,14,20,25H,3,5,12-13,15-16H2;1H. The lowest BCUT2D eigenvalue weighted by atomic mass is 10.1.